The van der Waals surface area contributed by atoms with Crippen LogP contribution in [0, 0.1) is 0 Å². The maximum absolute atomic E-state index is 5.29. The fourth-order valence-corrected chi connectivity index (χ4v) is 0.569. The topological polar surface area (TPSA) is 50.1 Å². The van der Waals surface area contributed by atoms with Gasteiger partial charge in [0.25, 0.3) is 0 Å². The Labute approximate surface area is 50.6 Å². The quantitative estimate of drug-likeness (QED) is 0.433. The molecule has 0 heterocycles. The third-order valence-electron chi connectivity index (χ3n) is 0.990. The van der Waals surface area contributed by atoms with Gasteiger partial charge in [-0.2, -0.15) is 0 Å². The number of hydrogen-bond acceptors (Lipinski definition) is 3. The lowest BCUT2D eigenvalue weighted by Crippen LogP contribution is -2.37. The zero-order valence-corrected chi connectivity index (χ0v) is 5.57. The summed E-state index contributed by atoms with van der Waals surface area (Å²) in [6.07, 6.45) is 1.01. The Balaban J connectivity index is 2.92. The number of rotatable bonds is 4. The molecule has 0 aromatic heterocycles. The summed E-state index contributed by atoms with van der Waals surface area (Å²) in [6, 6.07) is 0.477. The van der Waals surface area contributed by atoms with Gasteiger partial charge in [-0.15, -0.1) is 0 Å². The fourth-order valence-electron chi connectivity index (χ4n) is 0.569. The van der Waals surface area contributed by atoms with Crippen LogP contribution in [0.1, 0.15) is 13.3 Å². The van der Waals surface area contributed by atoms with Crippen molar-refractivity contribution in [1.82, 2.24) is 10.9 Å². The first-order valence-electron chi connectivity index (χ1n) is 2.93. The zero-order chi connectivity index (χ0) is 6.41. The van der Waals surface area contributed by atoms with Gasteiger partial charge < -0.3 is 5.73 Å². The van der Waals surface area contributed by atoms with Gasteiger partial charge in [0, 0.05) is 6.04 Å². The minimum Gasteiger partial charge on any atom is -0.330 e. The van der Waals surface area contributed by atoms with E-state index in [-0.39, 0.29) is 0 Å². The monoisotopic (exact) mass is 117 g/mol. The molecule has 3 heteroatoms. The molecule has 1 unspecified atom stereocenters. The van der Waals surface area contributed by atoms with Crippen molar-refractivity contribution >= 4 is 0 Å². The molecule has 4 N–H and O–H groups in total. The number of nitrogens with one attached hydrogen (secondary N) is 2. The Kier molecular flexibility index (Phi) is 4.95. The van der Waals surface area contributed by atoms with E-state index in [1.165, 1.54) is 0 Å². The van der Waals surface area contributed by atoms with Gasteiger partial charge in [-0.1, -0.05) is 0 Å². The van der Waals surface area contributed by atoms with Crippen molar-refractivity contribution in [2.24, 2.45) is 5.73 Å². The van der Waals surface area contributed by atoms with Crippen molar-refractivity contribution in [1.29, 1.82) is 0 Å². The molecule has 0 aromatic carbocycles. The molecule has 50 valence electrons. The maximum Gasteiger partial charge on any atom is 0.0196 e. The summed E-state index contributed by atoms with van der Waals surface area (Å²) in [5, 5.41) is 0. The van der Waals surface area contributed by atoms with E-state index in [2.05, 4.69) is 17.8 Å². The van der Waals surface area contributed by atoms with Crippen LogP contribution in [0.3, 0.4) is 0 Å². The molecule has 8 heavy (non-hydrogen) atoms. The van der Waals surface area contributed by atoms with E-state index in [9.17, 15) is 0 Å². The Morgan fingerprint density at radius 3 is 2.62 bits per heavy atom. The molecule has 0 amide bonds. The standard InChI is InChI=1S/C5H15N3/c1-5(3-4-6)8-7-2/h5,7-8H,3-4,6H2,1-2H3. The highest BCUT2D eigenvalue weighted by Crippen LogP contribution is 1.82. The van der Waals surface area contributed by atoms with Crippen LogP contribution in [0.15, 0.2) is 0 Å². The lowest BCUT2D eigenvalue weighted by molar-refractivity contribution is 0.467. The molecule has 0 saturated carbocycles. The molecule has 0 aliphatic carbocycles. The second-order valence-electron chi connectivity index (χ2n) is 1.87. The molecule has 0 bridgehead atoms. The second-order valence-corrected chi connectivity index (χ2v) is 1.87. The highest BCUT2D eigenvalue weighted by molar-refractivity contribution is 4.55. The summed E-state index contributed by atoms with van der Waals surface area (Å²) < 4.78 is 0. The molecule has 0 fully saturated rings. The van der Waals surface area contributed by atoms with Crippen LogP contribution in [0.2, 0.25) is 0 Å². The minimum absolute atomic E-state index is 0.477. The Morgan fingerprint density at radius 1 is 1.62 bits per heavy atom. The third-order valence-corrected chi connectivity index (χ3v) is 0.990. The van der Waals surface area contributed by atoms with Crippen LogP contribution in [-0.2, 0) is 0 Å². The van der Waals surface area contributed by atoms with Crippen LogP contribution in [0.5, 0.6) is 0 Å². The molecular formula is C5H15N3. The number of nitrogens with two attached hydrogens (primary N) is 1. The highest BCUT2D eigenvalue weighted by Gasteiger charge is 1.93. The van der Waals surface area contributed by atoms with Crippen molar-refractivity contribution in [2.75, 3.05) is 13.6 Å². The molecule has 0 aromatic rings. The molecule has 1 atom stereocenters. The smallest absolute Gasteiger partial charge is 0.0196 e. The first-order chi connectivity index (χ1) is 3.81. The first-order valence-corrected chi connectivity index (χ1v) is 2.93. The molecule has 0 spiro atoms. The van der Waals surface area contributed by atoms with E-state index in [1.807, 2.05) is 7.05 Å². The molecule has 0 saturated heterocycles. The second kappa shape index (κ2) is 5.03. The van der Waals surface area contributed by atoms with E-state index in [0.717, 1.165) is 13.0 Å². The number of hydrazine groups is 1. The van der Waals surface area contributed by atoms with Gasteiger partial charge in [-0.3, -0.25) is 10.9 Å². The molecule has 3 nitrogen and oxygen atoms in total. The summed E-state index contributed by atoms with van der Waals surface area (Å²) in [4.78, 5) is 0. The lowest BCUT2D eigenvalue weighted by atomic mass is 10.2. The average Bonchev–Trinajstić information content (AvgIpc) is 1.68. The van der Waals surface area contributed by atoms with Crippen LogP contribution in [0.4, 0.5) is 0 Å². The first kappa shape index (κ1) is 7.88. The van der Waals surface area contributed by atoms with Gasteiger partial charge in [-0.05, 0) is 26.9 Å². The lowest BCUT2D eigenvalue weighted by Gasteiger charge is -2.09. The average molecular weight is 117 g/mol. The van der Waals surface area contributed by atoms with E-state index < -0.39 is 0 Å². The highest BCUT2D eigenvalue weighted by atomic mass is 15.3. The van der Waals surface area contributed by atoms with Gasteiger partial charge in [0.1, 0.15) is 0 Å². The predicted octanol–water partition coefficient (Wildman–Crippen LogP) is -0.552. The Morgan fingerprint density at radius 2 is 2.25 bits per heavy atom. The summed E-state index contributed by atoms with van der Waals surface area (Å²) >= 11 is 0. The van der Waals surface area contributed by atoms with Gasteiger partial charge in [0.05, 0.1) is 0 Å². The van der Waals surface area contributed by atoms with Crippen LogP contribution >= 0.6 is 0 Å². The van der Waals surface area contributed by atoms with Crippen molar-refractivity contribution < 1.29 is 0 Å². The van der Waals surface area contributed by atoms with Gasteiger partial charge in [0.2, 0.25) is 0 Å². The summed E-state index contributed by atoms with van der Waals surface area (Å²) in [6.45, 7) is 2.83. The zero-order valence-electron chi connectivity index (χ0n) is 5.57. The Bertz CT molecular complexity index is 40.9. The van der Waals surface area contributed by atoms with Crippen LogP contribution in [0.25, 0.3) is 0 Å². The predicted molar refractivity (Wildman–Crippen MR) is 35.3 cm³/mol. The van der Waals surface area contributed by atoms with Crippen molar-refractivity contribution in [3.05, 3.63) is 0 Å². The molecule has 0 rings (SSSR count). The van der Waals surface area contributed by atoms with Crippen LogP contribution < -0.4 is 16.6 Å². The van der Waals surface area contributed by atoms with Gasteiger partial charge in [-0.25, -0.2) is 0 Å². The summed E-state index contributed by atoms with van der Waals surface area (Å²) in [7, 11) is 1.85. The molecule has 0 aliphatic heterocycles. The van der Waals surface area contributed by atoms with E-state index in [1.54, 1.807) is 0 Å². The number of hydrogen-bond donors (Lipinski definition) is 3. The van der Waals surface area contributed by atoms with E-state index >= 15 is 0 Å². The normalized spacial score (nSPS) is 13.9. The molecule has 0 radical (unpaired) electrons. The molecule has 0 aliphatic rings. The van der Waals surface area contributed by atoms with Crippen molar-refractivity contribution in [3.63, 3.8) is 0 Å². The summed E-state index contributed by atoms with van der Waals surface area (Å²) in [5.74, 6) is 0. The van der Waals surface area contributed by atoms with Crippen molar-refractivity contribution in [2.45, 2.75) is 19.4 Å². The largest absolute Gasteiger partial charge is 0.330 e. The summed E-state index contributed by atoms with van der Waals surface area (Å²) in [5.41, 5.74) is 11.2. The van der Waals surface area contributed by atoms with Crippen LogP contribution in [-0.4, -0.2) is 19.6 Å². The maximum atomic E-state index is 5.29. The van der Waals surface area contributed by atoms with E-state index in [0.29, 0.717) is 6.04 Å². The SMILES string of the molecule is CNNC(C)CCN. The minimum atomic E-state index is 0.477. The Hall–Kier alpha value is -0.120. The van der Waals surface area contributed by atoms with E-state index in [4.69, 9.17) is 5.73 Å². The van der Waals surface area contributed by atoms with Gasteiger partial charge in [0.15, 0.2) is 0 Å². The third kappa shape index (κ3) is 4.05. The molecular weight excluding hydrogens is 102 g/mol. The fraction of sp³-hybridized carbons (Fsp3) is 1.00. The van der Waals surface area contributed by atoms with Gasteiger partial charge >= 0.3 is 0 Å². The van der Waals surface area contributed by atoms with Crippen molar-refractivity contribution in [3.8, 4) is 0 Å².